The Labute approximate surface area is 133 Å². The van der Waals surface area contributed by atoms with Crippen LogP contribution in [0.1, 0.15) is 5.56 Å². The molecule has 0 aliphatic carbocycles. The molecule has 0 atom stereocenters. The van der Waals surface area contributed by atoms with Gasteiger partial charge in [0.1, 0.15) is 5.75 Å². The zero-order valence-electron chi connectivity index (χ0n) is 12.5. The summed E-state index contributed by atoms with van der Waals surface area (Å²) in [4.78, 5) is 14.7. The molecule has 5 heteroatoms. The molecule has 3 aromatic rings. The summed E-state index contributed by atoms with van der Waals surface area (Å²) >= 11 is 0. The predicted molar refractivity (Wildman–Crippen MR) is 87.6 cm³/mol. The van der Waals surface area contributed by atoms with Gasteiger partial charge >= 0.3 is 5.69 Å². The van der Waals surface area contributed by atoms with E-state index in [-0.39, 0.29) is 11.6 Å². The Hall–Kier alpha value is -3.21. The van der Waals surface area contributed by atoms with Crippen LogP contribution >= 0.6 is 0 Å². The van der Waals surface area contributed by atoms with Gasteiger partial charge in [-0.25, -0.2) is 4.98 Å². The molecule has 23 heavy (non-hydrogen) atoms. The molecule has 0 radical (unpaired) electrons. The third kappa shape index (κ3) is 3.18. The van der Waals surface area contributed by atoms with Crippen LogP contribution in [0, 0.1) is 17.0 Å². The van der Waals surface area contributed by atoms with E-state index in [0.717, 1.165) is 11.1 Å². The number of hydrogen-bond donors (Lipinski definition) is 0. The zero-order valence-corrected chi connectivity index (χ0v) is 12.5. The molecule has 0 aliphatic heterocycles. The average molecular weight is 306 g/mol. The second-order valence-corrected chi connectivity index (χ2v) is 5.03. The highest BCUT2D eigenvalue weighted by Crippen LogP contribution is 2.32. The molecule has 1 heterocycles. The summed E-state index contributed by atoms with van der Waals surface area (Å²) in [5.74, 6) is 0.508. The van der Waals surface area contributed by atoms with Gasteiger partial charge in [0.25, 0.3) is 5.88 Å². The normalized spacial score (nSPS) is 10.3. The summed E-state index contributed by atoms with van der Waals surface area (Å²) < 4.78 is 5.59. The molecule has 0 fully saturated rings. The van der Waals surface area contributed by atoms with E-state index in [9.17, 15) is 10.1 Å². The summed E-state index contributed by atoms with van der Waals surface area (Å²) in [5, 5.41) is 11.2. The van der Waals surface area contributed by atoms with Crippen LogP contribution in [-0.4, -0.2) is 9.91 Å². The van der Waals surface area contributed by atoms with Gasteiger partial charge < -0.3 is 4.74 Å². The SMILES string of the molecule is Cc1ccnc(Oc2ccc(-c3ccccc3)cc2)c1[N+](=O)[O-]. The van der Waals surface area contributed by atoms with Crippen LogP contribution in [0.4, 0.5) is 5.69 Å². The van der Waals surface area contributed by atoms with Gasteiger partial charge in [0.15, 0.2) is 0 Å². The van der Waals surface area contributed by atoms with Gasteiger partial charge in [-0.05, 0) is 36.2 Å². The lowest BCUT2D eigenvalue weighted by Crippen LogP contribution is -1.98. The second kappa shape index (κ2) is 6.27. The molecule has 0 amide bonds. The fourth-order valence-corrected chi connectivity index (χ4v) is 2.28. The molecule has 0 saturated carbocycles. The highest BCUT2D eigenvalue weighted by Gasteiger charge is 2.20. The number of benzene rings is 2. The molecule has 0 unspecified atom stereocenters. The number of ether oxygens (including phenoxy) is 1. The number of rotatable bonds is 4. The van der Waals surface area contributed by atoms with E-state index in [4.69, 9.17) is 4.74 Å². The van der Waals surface area contributed by atoms with E-state index >= 15 is 0 Å². The highest BCUT2D eigenvalue weighted by molar-refractivity contribution is 5.64. The van der Waals surface area contributed by atoms with Gasteiger partial charge in [-0.15, -0.1) is 0 Å². The third-order valence-electron chi connectivity index (χ3n) is 3.45. The van der Waals surface area contributed by atoms with Crippen molar-refractivity contribution in [2.24, 2.45) is 0 Å². The van der Waals surface area contributed by atoms with Crippen molar-refractivity contribution in [2.75, 3.05) is 0 Å². The molecule has 114 valence electrons. The first kappa shape index (κ1) is 14.7. The molecular formula is C18H14N2O3. The van der Waals surface area contributed by atoms with Crippen molar-refractivity contribution in [2.45, 2.75) is 6.92 Å². The topological polar surface area (TPSA) is 65.3 Å². The zero-order chi connectivity index (χ0) is 16.2. The molecule has 0 bridgehead atoms. The van der Waals surface area contributed by atoms with E-state index in [1.54, 1.807) is 25.1 Å². The Morgan fingerprint density at radius 1 is 0.957 bits per heavy atom. The molecule has 1 aromatic heterocycles. The molecule has 2 aromatic carbocycles. The summed E-state index contributed by atoms with van der Waals surface area (Å²) in [6, 6.07) is 18.9. The van der Waals surface area contributed by atoms with Crippen molar-refractivity contribution in [1.82, 2.24) is 4.98 Å². The number of aryl methyl sites for hydroxylation is 1. The maximum Gasteiger partial charge on any atom is 0.334 e. The Morgan fingerprint density at radius 3 is 2.26 bits per heavy atom. The molecule has 0 saturated heterocycles. The van der Waals surface area contributed by atoms with Crippen LogP contribution in [0.15, 0.2) is 66.9 Å². The van der Waals surface area contributed by atoms with Gasteiger partial charge in [0.05, 0.1) is 4.92 Å². The quantitative estimate of drug-likeness (QED) is 0.515. The van der Waals surface area contributed by atoms with Gasteiger partial charge in [0.2, 0.25) is 0 Å². The number of pyridine rings is 1. The van der Waals surface area contributed by atoms with Crippen LogP contribution in [0.25, 0.3) is 11.1 Å². The van der Waals surface area contributed by atoms with Gasteiger partial charge in [-0.2, -0.15) is 0 Å². The van der Waals surface area contributed by atoms with Crippen LogP contribution in [0.5, 0.6) is 11.6 Å². The number of nitrogens with zero attached hydrogens (tertiary/aromatic N) is 2. The molecule has 3 rings (SSSR count). The van der Waals surface area contributed by atoms with E-state index in [2.05, 4.69) is 4.98 Å². The molecule has 0 spiro atoms. The van der Waals surface area contributed by atoms with Gasteiger partial charge in [-0.3, -0.25) is 10.1 Å². The fourth-order valence-electron chi connectivity index (χ4n) is 2.28. The van der Waals surface area contributed by atoms with E-state index < -0.39 is 4.92 Å². The van der Waals surface area contributed by atoms with Gasteiger partial charge in [0, 0.05) is 11.8 Å². The lowest BCUT2D eigenvalue weighted by Gasteiger charge is -2.07. The number of hydrogen-bond acceptors (Lipinski definition) is 4. The monoisotopic (exact) mass is 306 g/mol. The molecule has 5 nitrogen and oxygen atoms in total. The maximum absolute atomic E-state index is 11.2. The van der Waals surface area contributed by atoms with E-state index in [0.29, 0.717) is 11.3 Å². The highest BCUT2D eigenvalue weighted by atomic mass is 16.6. The van der Waals surface area contributed by atoms with Crippen molar-refractivity contribution in [1.29, 1.82) is 0 Å². The minimum absolute atomic E-state index is 0.00228. The third-order valence-corrected chi connectivity index (χ3v) is 3.45. The average Bonchev–Trinajstić information content (AvgIpc) is 2.56. The Morgan fingerprint density at radius 2 is 1.61 bits per heavy atom. The Kier molecular flexibility index (Phi) is 4.01. The smallest absolute Gasteiger partial charge is 0.334 e. The number of nitro groups is 1. The Bertz CT molecular complexity index is 831. The largest absolute Gasteiger partial charge is 0.434 e. The number of aromatic nitrogens is 1. The first-order chi connectivity index (χ1) is 11.1. The summed E-state index contributed by atoms with van der Waals surface area (Å²) in [5.41, 5.74) is 2.55. The van der Waals surface area contributed by atoms with Crippen molar-refractivity contribution < 1.29 is 9.66 Å². The van der Waals surface area contributed by atoms with Crippen molar-refractivity contribution >= 4 is 5.69 Å². The summed E-state index contributed by atoms with van der Waals surface area (Å²) in [6.45, 7) is 1.66. The second-order valence-electron chi connectivity index (χ2n) is 5.03. The first-order valence-electron chi connectivity index (χ1n) is 7.08. The summed E-state index contributed by atoms with van der Waals surface area (Å²) in [7, 11) is 0. The molecule has 0 N–H and O–H groups in total. The molecular weight excluding hydrogens is 292 g/mol. The minimum Gasteiger partial charge on any atom is -0.434 e. The van der Waals surface area contributed by atoms with E-state index in [1.165, 1.54) is 6.20 Å². The molecule has 0 aliphatic rings. The van der Waals surface area contributed by atoms with Crippen LogP contribution in [0.2, 0.25) is 0 Å². The maximum atomic E-state index is 11.2. The summed E-state index contributed by atoms with van der Waals surface area (Å²) in [6.07, 6.45) is 1.50. The van der Waals surface area contributed by atoms with Crippen molar-refractivity contribution in [3.05, 3.63) is 82.5 Å². The van der Waals surface area contributed by atoms with Crippen molar-refractivity contribution in [3.63, 3.8) is 0 Å². The fraction of sp³-hybridized carbons (Fsp3) is 0.0556. The van der Waals surface area contributed by atoms with Crippen LogP contribution in [0.3, 0.4) is 0 Å². The minimum atomic E-state index is -0.476. The van der Waals surface area contributed by atoms with Crippen LogP contribution < -0.4 is 4.74 Å². The van der Waals surface area contributed by atoms with Crippen molar-refractivity contribution in [3.8, 4) is 22.8 Å². The first-order valence-corrected chi connectivity index (χ1v) is 7.08. The van der Waals surface area contributed by atoms with Gasteiger partial charge in [-0.1, -0.05) is 42.5 Å². The lowest BCUT2D eigenvalue weighted by atomic mass is 10.1. The Balaban J connectivity index is 1.88. The van der Waals surface area contributed by atoms with E-state index in [1.807, 2.05) is 42.5 Å². The lowest BCUT2D eigenvalue weighted by molar-refractivity contribution is -0.386. The standard InChI is InChI=1S/C18H14N2O3/c1-13-11-12-19-18(17(13)20(21)22)23-16-9-7-15(8-10-16)14-5-3-2-4-6-14/h2-12H,1H3. The van der Waals surface area contributed by atoms with Crippen LogP contribution in [-0.2, 0) is 0 Å². The predicted octanol–water partition coefficient (Wildman–Crippen LogP) is 4.76.